The number of nitrogens with zero attached hydrogens (tertiary/aromatic N) is 1. The van der Waals surface area contributed by atoms with Crippen LogP contribution in [0, 0.1) is 0 Å². The Morgan fingerprint density at radius 1 is 1.33 bits per heavy atom. The minimum Gasteiger partial charge on any atom is -0.356 e. The topological polar surface area (TPSA) is 44.4 Å². The van der Waals surface area contributed by atoms with Gasteiger partial charge >= 0.3 is 0 Å². The monoisotopic (exact) mass is 393 g/mol. The lowest BCUT2D eigenvalue weighted by Gasteiger charge is -2.22. The lowest BCUT2D eigenvalue weighted by molar-refractivity contribution is -0.121. The number of carbonyl (C=O) groups is 1. The highest BCUT2D eigenvalue weighted by molar-refractivity contribution is 7.99. The number of halogens is 2. The van der Waals surface area contributed by atoms with Crippen molar-refractivity contribution >= 4 is 42.5 Å². The molecule has 1 amide bonds. The van der Waals surface area contributed by atoms with Gasteiger partial charge in [-0.05, 0) is 25.6 Å². The highest BCUT2D eigenvalue weighted by Crippen LogP contribution is 2.09. The minimum atomic E-state index is 0. The lowest BCUT2D eigenvalue weighted by atomic mass is 10.2. The van der Waals surface area contributed by atoms with Crippen molar-refractivity contribution in [3.8, 4) is 0 Å². The average Bonchev–Trinajstić information content (AvgIpc) is 2.53. The summed E-state index contributed by atoms with van der Waals surface area (Å²) in [5, 5.41) is 6.43. The van der Waals surface area contributed by atoms with Crippen molar-refractivity contribution in [3.63, 3.8) is 0 Å². The van der Waals surface area contributed by atoms with Crippen molar-refractivity contribution in [1.82, 2.24) is 15.5 Å². The number of amides is 1. The standard InChI is InChI=1S/C17H27N3OS.2ClH/c1-20(13-15-6-3-2-4-7-15)10-5-8-19-17(21)12-16-14-22-11-9-18-16;;/h2-4,6-7,16,18H,5,8-14H2,1H3,(H,19,21);2*1H. The van der Waals surface area contributed by atoms with Gasteiger partial charge < -0.3 is 15.5 Å². The molecule has 0 radical (unpaired) electrons. The SMILES string of the molecule is CN(CCCNC(=O)CC1CSCCN1)Cc1ccccc1.Cl.Cl. The molecule has 7 heteroatoms. The molecule has 1 heterocycles. The van der Waals surface area contributed by atoms with Crippen LogP contribution in [-0.2, 0) is 11.3 Å². The smallest absolute Gasteiger partial charge is 0.221 e. The molecule has 1 aromatic carbocycles. The maximum atomic E-state index is 11.9. The molecule has 24 heavy (non-hydrogen) atoms. The molecule has 1 saturated heterocycles. The summed E-state index contributed by atoms with van der Waals surface area (Å²) in [5.74, 6) is 2.38. The third kappa shape index (κ3) is 9.74. The molecular weight excluding hydrogens is 365 g/mol. The van der Waals surface area contributed by atoms with E-state index in [2.05, 4.69) is 46.8 Å². The van der Waals surface area contributed by atoms with Gasteiger partial charge in [0.1, 0.15) is 0 Å². The first-order valence-corrected chi connectivity index (χ1v) is 9.20. The summed E-state index contributed by atoms with van der Waals surface area (Å²) in [5.41, 5.74) is 1.33. The quantitative estimate of drug-likeness (QED) is 0.666. The van der Waals surface area contributed by atoms with Gasteiger partial charge in [-0.1, -0.05) is 30.3 Å². The van der Waals surface area contributed by atoms with E-state index in [9.17, 15) is 4.79 Å². The molecule has 0 aliphatic carbocycles. The van der Waals surface area contributed by atoms with Crippen molar-refractivity contribution in [2.24, 2.45) is 0 Å². The van der Waals surface area contributed by atoms with Gasteiger partial charge in [0.2, 0.25) is 5.91 Å². The van der Waals surface area contributed by atoms with Gasteiger partial charge in [-0.25, -0.2) is 0 Å². The Bertz CT molecular complexity index is 445. The van der Waals surface area contributed by atoms with Crippen LogP contribution in [0.3, 0.4) is 0 Å². The van der Waals surface area contributed by atoms with Crippen LogP contribution >= 0.6 is 36.6 Å². The molecule has 1 aromatic rings. The van der Waals surface area contributed by atoms with Crippen LogP contribution < -0.4 is 10.6 Å². The van der Waals surface area contributed by atoms with E-state index < -0.39 is 0 Å². The highest BCUT2D eigenvalue weighted by Gasteiger charge is 2.16. The molecule has 0 aromatic heterocycles. The Hall–Kier alpha value is -0.460. The summed E-state index contributed by atoms with van der Waals surface area (Å²) in [6.45, 7) is 3.73. The zero-order valence-corrected chi connectivity index (χ0v) is 16.7. The van der Waals surface area contributed by atoms with E-state index in [4.69, 9.17) is 0 Å². The molecule has 2 N–H and O–H groups in total. The van der Waals surface area contributed by atoms with Gasteiger partial charge in [0.15, 0.2) is 0 Å². The minimum absolute atomic E-state index is 0. The van der Waals surface area contributed by atoms with E-state index in [0.29, 0.717) is 12.5 Å². The summed E-state index contributed by atoms with van der Waals surface area (Å²) < 4.78 is 0. The molecule has 0 saturated carbocycles. The maximum Gasteiger partial charge on any atom is 0.221 e. The molecule has 138 valence electrons. The van der Waals surface area contributed by atoms with Gasteiger partial charge in [0.05, 0.1) is 0 Å². The number of rotatable bonds is 8. The number of hydrogen-bond donors (Lipinski definition) is 2. The first-order chi connectivity index (χ1) is 10.7. The maximum absolute atomic E-state index is 11.9. The van der Waals surface area contributed by atoms with E-state index >= 15 is 0 Å². The summed E-state index contributed by atoms with van der Waals surface area (Å²) in [4.78, 5) is 14.2. The van der Waals surface area contributed by atoms with Crippen molar-refractivity contribution in [2.45, 2.75) is 25.4 Å². The molecule has 0 spiro atoms. The predicted octanol–water partition coefficient (Wildman–Crippen LogP) is 2.56. The predicted molar refractivity (Wildman–Crippen MR) is 109 cm³/mol. The largest absolute Gasteiger partial charge is 0.356 e. The fourth-order valence-electron chi connectivity index (χ4n) is 2.60. The fourth-order valence-corrected chi connectivity index (χ4v) is 3.55. The molecule has 1 unspecified atom stereocenters. The molecular formula is C17H29Cl2N3OS. The number of carbonyl (C=O) groups excluding carboxylic acids is 1. The van der Waals surface area contributed by atoms with Crippen LogP contribution in [0.4, 0.5) is 0 Å². The zero-order chi connectivity index (χ0) is 15.6. The Kier molecular flexibility index (Phi) is 13.5. The van der Waals surface area contributed by atoms with Crippen LogP contribution in [0.1, 0.15) is 18.4 Å². The van der Waals surface area contributed by atoms with Crippen LogP contribution in [0.2, 0.25) is 0 Å². The fraction of sp³-hybridized carbons (Fsp3) is 0.588. The van der Waals surface area contributed by atoms with Crippen molar-refractivity contribution in [3.05, 3.63) is 35.9 Å². The van der Waals surface area contributed by atoms with Crippen molar-refractivity contribution in [2.75, 3.05) is 38.2 Å². The summed E-state index contributed by atoms with van der Waals surface area (Å²) >= 11 is 1.93. The zero-order valence-electron chi connectivity index (χ0n) is 14.2. The third-order valence-corrected chi connectivity index (χ3v) is 4.90. The lowest BCUT2D eigenvalue weighted by Crippen LogP contribution is -2.41. The highest BCUT2D eigenvalue weighted by atomic mass is 35.5. The van der Waals surface area contributed by atoms with Crippen LogP contribution in [-0.4, -0.2) is 55.0 Å². The number of hydrogen-bond acceptors (Lipinski definition) is 4. The summed E-state index contributed by atoms with van der Waals surface area (Å²) in [6.07, 6.45) is 1.59. The second-order valence-corrected chi connectivity index (χ2v) is 7.01. The number of thioether (sulfide) groups is 1. The van der Waals surface area contributed by atoms with Crippen LogP contribution in [0.5, 0.6) is 0 Å². The normalized spacial score (nSPS) is 16.8. The molecule has 0 bridgehead atoms. The summed E-state index contributed by atoms with van der Waals surface area (Å²) in [6, 6.07) is 10.8. The molecule has 4 nitrogen and oxygen atoms in total. The Morgan fingerprint density at radius 2 is 2.08 bits per heavy atom. The van der Waals surface area contributed by atoms with Crippen LogP contribution in [0.25, 0.3) is 0 Å². The Labute approximate surface area is 162 Å². The van der Waals surface area contributed by atoms with E-state index in [1.807, 2.05) is 17.8 Å². The first-order valence-electron chi connectivity index (χ1n) is 8.04. The third-order valence-electron chi connectivity index (χ3n) is 3.76. The second-order valence-electron chi connectivity index (χ2n) is 5.86. The number of benzene rings is 1. The van der Waals surface area contributed by atoms with Gasteiger partial charge in [-0.3, -0.25) is 4.79 Å². The molecule has 1 atom stereocenters. The summed E-state index contributed by atoms with van der Waals surface area (Å²) in [7, 11) is 2.12. The Morgan fingerprint density at radius 3 is 2.75 bits per heavy atom. The first kappa shape index (κ1) is 23.5. The Balaban J connectivity index is 0.00000264. The molecule has 1 fully saturated rings. The molecule has 1 aliphatic heterocycles. The van der Waals surface area contributed by atoms with Gasteiger partial charge in [0.25, 0.3) is 0 Å². The van der Waals surface area contributed by atoms with E-state index in [1.54, 1.807) is 0 Å². The van der Waals surface area contributed by atoms with Crippen molar-refractivity contribution in [1.29, 1.82) is 0 Å². The number of nitrogens with one attached hydrogen (secondary N) is 2. The van der Waals surface area contributed by atoms with Gasteiger partial charge in [-0.2, -0.15) is 11.8 Å². The van der Waals surface area contributed by atoms with E-state index in [1.165, 1.54) is 5.56 Å². The molecule has 2 rings (SSSR count). The average molecular weight is 394 g/mol. The van der Waals surface area contributed by atoms with E-state index in [-0.39, 0.29) is 30.7 Å². The van der Waals surface area contributed by atoms with Gasteiger partial charge in [0, 0.05) is 43.6 Å². The van der Waals surface area contributed by atoms with Crippen molar-refractivity contribution < 1.29 is 4.79 Å². The second kappa shape index (κ2) is 13.8. The molecule has 1 aliphatic rings. The van der Waals surface area contributed by atoms with E-state index in [0.717, 1.165) is 44.1 Å². The van der Waals surface area contributed by atoms with Gasteiger partial charge in [-0.15, -0.1) is 24.8 Å². The van der Waals surface area contributed by atoms with Crippen LogP contribution in [0.15, 0.2) is 30.3 Å².